The normalized spacial score (nSPS) is 12.0. The summed E-state index contributed by atoms with van der Waals surface area (Å²) in [6.45, 7) is 3.44. The van der Waals surface area contributed by atoms with Crippen molar-refractivity contribution in [3.05, 3.63) is 107 Å². The zero-order valence-corrected chi connectivity index (χ0v) is 15.5. The van der Waals surface area contributed by atoms with Crippen LogP contribution in [-0.4, -0.2) is 0 Å². The fourth-order valence-corrected chi connectivity index (χ4v) is 3.02. The molecule has 3 aromatic carbocycles. The summed E-state index contributed by atoms with van der Waals surface area (Å²) >= 11 is 0. The first kappa shape index (κ1) is 22.3. The van der Waals surface area contributed by atoms with Crippen molar-refractivity contribution in [3.8, 4) is 0 Å². The average molecular weight is 443 g/mol. The molecule has 1 N–H and O–H groups in total. The number of nitrogens with one attached hydrogen (secondary N) is 1. The second-order valence-corrected chi connectivity index (χ2v) is 6.51. The van der Waals surface area contributed by atoms with E-state index in [1.165, 1.54) is 0 Å². The van der Waals surface area contributed by atoms with E-state index < -0.39 is 51.8 Å². The minimum atomic E-state index is -5.07. The molecule has 9 heteroatoms. The Bertz CT molecular complexity index is 1110. The van der Waals surface area contributed by atoms with Gasteiger partial charge in [-0.25, -0.2) is 13.2 Å². The van der Waals surface area contributed by atoms with Crippen LogP contribution in [0.2, 0.25) is 0 Å². The summed E-state index contributed by atoms with van der Waals surface area (Å²) in [5.41, 5.74) is -5.32. The molecule has 0 aromatic heterocycles. The number of benzene rings is 3. The van der Waals surface area contributed by atoms with Crippen LogP contribution >= 0.6 is 0 Å². The van der Waals surface area contributed by atoms with Crippen molar-refractivity contribution in [2.24, 2.45) is 0 Å². The smallest absolute Gasteiger partial charge is 0.355 e. The summed E-state index contributed by atoms with van der Waals surface area (Å²) in [5.74, 6) is -7.73. The first-order valence-corrected chi connectivity index (χ1v) is 8.67. The predicted octanol–water partition coefficient (Wildman–Crippen LogP) is 7.35. The summed E-state index contributed by atoms with van der Waals surface area (Å²) in [7, 11) is 0. The number of alkyl halides is 5. The zero-order chi connectivity index (χ0) is 23.0. The summed E-state index contributed by atoms with van der Waals surface area (Å²) in [6.07, 6.45) is -5.07. The second-order valence-electron chi connectivity index (χ2n) is 6.51. The average Bonchev–Trinajstić information content (AvgIpc) is 2.67. The van der Waals surface area contributed by atoms with Crippen LogP contribution in [0.3, 0.4) is 0 Å². The van der Waals surface area contributed by atoms with Gasteiger partial charge < -0.3 is 5.32 Å². The second kappa shape index (κ2) is 8.05. The summed E-state index contributed by atoms with van der Waals surface area (Å²) in [6, 6.07) is 8.13. The molecule has 0 saturated heterocycles. The van der Waals surface area contributed by atoms with Gasteiger partial charge in [0.1, 0.15) is 17.5 Å². The fourth-order valence-electron chi connectivity index (χ4n) is 3.02. The molecule has 0 radical (unpaired) electrons. The Morgan fingerprint density at radius 2 is 1.26 bits per heavy atom. The van der Waals surface area contributed by atoms with Gasteiger partial charge in [0.15, 0.2) is 0 Å². The lowest BCUT2D eigenvalue weighted by molar-refractivity contribution is -0.141. The number of hydrogen-bond acceptors (Lipinski definition) is 1. The van der Waals surface area contributed by atoms with E-state index in [4.69, 9.17) is 0 Å². The molecule has 0 spiro atoms. The summed E-state index contributed by atoms with van der Waals surface area (Å²) < 4.78 is 111. The lowest BCUT2D eigenvalue weighted by Crippen LogP contribution is -2.22. The van der Waals surface area contributed by atoms with Crippen molar-refractivity contribution < 1.29 is 35.1 Å². The number of rotatable bonds is 5. The Morgan fingerprint density at radius 1 is 0.677 bits per heavy atom. The summed E-state index contributed by atoms with van der Waals surface area (Å²) in [5, 5.41) is 2.40. The maximum absolute atomic E-state index is 14.8. The Morgan fingerprint density at radius 3 is 1.81 bits per heavy atom. The minimum absolute atomic E-state index is 0.186. The van der Waals surface area contributed by atoms with Crippen molar-refractivity contribution in [2.45, 2.75) is 12.1 Å². The van der Waals surface area contributed by atoms with Crippen molar-refractivity contribution in [1.29, 1.82) is 0 Å². The molecule has 0 aliphatic carbocycles. The number of hydrogen-bond donors (Lipinski definition) is 1. The van der Waals surface area contributed by atoms with Gasteiger partial charge in [0.05, 0.1) is 16.7 Å². The molecule has 0 aliphatic rings. The zero-order valence-electron chi connectivity index (χ0n) is 15.5. The lowest BCUT2D eigenvalue weighted by Gasteiger charge is -2.22. The molecule has 0 bridgehead atoms. The monoisotopic (exact) mass is 443 g/mol. The predicted molar refractivity (Wildman–Crippen MR) is 99.9 cm³/mol. The van der Waals surface area contributed by atoms with Crippen LogP contribution in [0.5, 0.6) is 0 Å². The highest BCUT2D eigenvalue weighted by atomic mass is 19.4. The third-order valence-electron chi connectivity index (χ3n) is 4.44. The molecule has 0 unspecified atom stereocenters. The van der Waals surface area contributed by atoms with Gasteiger partial charge in [-0.05, 0) is 36.4 Å². The molecule has 3 aromatic rings. The molecule has 162 valence electrons. The molecule has 1 nitrogen and oxygen atoms in total. The van der Waals surface area contributed by atoms with Crippen molar-refractivity contribution >= 4 is 11.4 Å². The molecule has 0 fully saturated rings. The number of halogens is 8. The maximum Gasteiger partial charge on any atom is 0.416 e. The first-order valence-electron chi connectivity index (χ1n) is 8.67. The van der Waals surface area contributed by atoms with Crippen LogP contribution in [0.25, 0.3) is 5.70 Å². The van der Waals surface area contributed by atoms with E-state index in [-0.39, 0.29) is 11.4 Å². The maximum atomic E-state index is 14.8. The molecule has 31 heavy (non-hydrogen) atoms. The van der Waals surface area contributed by atoms with Crippen molar-refractivity contribution in [3.63, 3.8) is 0 Å². The molecule has 0 heterocycles. The quantitative estimate of drug-likeness (QED) is 0.407. The third-order valence-corrected chi connectivity index (χ3v) is 4.44. The Balaban J connectivity index is 1.95. The van der Waals surface area contributed by atoms with E-state index in [1.807, 2.05) is 0 Å². The van der Waals surface area contributed by atoms with E-state index in [1.54, 1.807) is 0 Å². The van der Waals surface area contributed by atoms with Crippen LogP contribution in [0.4, 0.5) is 40.8 Å². The van der Waals surface area contributed by atoms with Crippen LogP contribution in [0, 0.1) is 17.5 Å². The largest absolute Gasteiger partial charge is 0.416 e. The van der Waals surface area contributed by atoms with Crippen LogP contribution in [0.15, 0.2) is 67.2 Å². The van der Waals surface area contributed by atoms with Gasteiger partial charge in [0.2, 0.25) is 0 Å². The van der Waals surface area contributed by atoms with Gasteiger partial charge in [0, 0.05) is 16.9 Å². The Kier molecular flexibility index (Phi) is 5.80. The topological polar surface area (TPSA) is 12.0 Å². The van der Waals surface area contributed by atoms with Gasteiger partial charge in [-0.1, -0.05) is 30.8 Å². The Hall–Kier alpha value is -3.36. The van der Waals surface area contributed by atoms with Gasteiger partial charge in [0.25, 0.3) is 0 Å². The third kappa shape index (κ3) is 4.40. The van der Waals surface area contributed by atoms with E-state index in [0.717, 1.165) is 36.4 Å². The molecular weight excluding hydrogens is 430 g/mol. The molecule has 3 rings (SSSR count). The van der Waals surface area contributed by atoms with E-state index in [0.29, 0.717) is 24.3 Å². The van der Waals surface area contributed by atoms with Crippen molar-refractivity contribution in [2.75, 3.05) is 5.32 Å². The SMILES string of the molecule is C=C(Nc1ccc(C(F)(F)c2ccccc2C(F)(F)F)c(F)c1)c1c(F)cccc1F. The minimum Gasteiger partial charge on any atom is -0.355 e. The van der Waals surface area contributed by atoms with Gasteiger partial charge in [-0.3, -0.25) is 0 Å². The molecule has 0 atom stereocenters. The van der Waals surface area contributed by atoms with E-state index in [9.17, 15) is 35.1 Å². The molecule has 0 amide bonds. The Labute approximate surface area is 171 Å². The van der Waals surface area contributed by atoms with Crippen LogP contribution in [-0.2, 0) is 12.1 Å². The molecule has 0 saturated carbocycles. The van der Waals surface area contributed by atoms with Gasteiger partial charge in [-0.2, -0.15) is 22.0 Å². The van der Waals surface area contributed by atoms with Gasteiger partial charge in [-0.15, -0.1) is 0 Å². The highest BCUT2D eigenvalue weighted by Crippen LogP contribution is 2.44. The molecule has 0 aliphatic heterocycles. The molecular formula is C22H13F8N. The first-order chi connectivity index (χ1) is 14.4. The fraction of sp³-hybridized carbons (Fsp3) is 0.0909. The highest BCUT2D eigenvalue weighted by molar-refractivity contribution is 5.76. The van der Waals surface area contributed by atoms with Gasteiger partial charge >= 0.3 is 12.1 Å². The standard InChI is InChI=1S/C22H13F8N/c1-12(20-17(23)7-4-8-18(20)24)31-13-9-10-16(19(25)11-13)21(26,27)14-5-2-3-6-15(14)22(28,29)30/h2-11,31H,1H2. The van der Waals surface area contributed by atoms with Crippen LogP contribution in [0.1, 0.15) is 22.3 Å². The number of anilines is 1. The summed E-state index contributed by atoms with van der Waals surface area (Å²) in [4.78, 5) is 0. The van der Waals surface area contributed by atoms with E-state index in [2.05, 4.69) is 11.9 Å². The van der Waals surface area contributed by atoms with E-state index >= 15 is 0 Å². The highest BCUT2D eigenvalue weighted by Gasteiger charge is 2.44. The lowest BCUT2D eigenvalue weighted by atomic mass is 9.95. The van der Waals surface area contributed by atoms with Crippen LogP contribution < -0.4 is 5.32 Å². The van der Waals surface area contributed by atoms with Crippen molar-refractivity contribution in [1.82, 2.24) is 0 Å².